The molecule has 0 aliphatic heterocycles. The van der Waals surface area contributed by atoms with Crippen LogP contribution in [0.4, 0.5) is 0 Å². The van der Waals surface area contributed by atoms with Gasteiger partial charge in [-0.1, -0.05) is 83.4 Å². The number of nitrogens with one attached hydrogen (secondary N) is 1. The monoisotopic (exact) mass is 548 g/mol. The van der Waals surface area contributed by atoms with Gasteiger partial charge in [0.05, 0.1) is 13.5 Å². The predicted molar refractivity (Wildman–Crippen MR) is 146 cm³/mol. The second-order valence-corrected chi connectivity index (χ2v) is 10.3. The van der Waals surface area contributed by atoms with E-state index in [0.717, 1.165) is 52.6 Å². The molecule has 3 aromatic rings. The van der Waals surface area contributed by atoms with Gasteiger partial charge in [-0.15, -0.1) is 0 Å². The Morgan fingerprint density at radius 1 is 0.944 bits per heavy atom. The Labute approximate surface area is 222 Å². The standard InChI is InChI=1S/C30H33BrN2O3/c1-36-27-16-14-23(15-17-27)20-29(34)33(21-24-10-7-11-25(31)18-24)28(19-22-8-3-2-4-9-22)30(35)32-26-12-5-6-13-26/h2-4,7-11,14-18,26,28H,5-6,12-13,19-21H2,1H3,(H,32,35)/t28-/m1/s1. The lowest BCUT2D eigenvalue weighted by Crippen LogP contribution is -2.52. The maximum Gasteiger partial charge on any atom is 0.243 e. The summed E-state index contributed by atoms with van der Waals surface area (Å²) in [5.41, 5.74) is 2.88. The van der Waals surface area contributed by atoms with Crippen molar-refractivity contribution in [3.63, 3.8) is 0 Å². The van der Waals surface area contributed by atoms with Crippen molar-refractivity contribution < 1.29 is 14.3 Å². The molecule has 0 saturated heterocycles. The molecule has 1 aliphatic carbocycles. The first-order valence-electron chi connectivity index (χ1n) is 12.5. The summed E-state index contributed by atoms with van der Waals surface area (Å²) >= 11 is 3.54. The van der Waals surface area contributed by atoms with Gasteiger partial charge in [0, 0.05) is 23.5 Å². The van der Waals surface area contributed by atoms with Crippen LogP contribution in [0, 0.1) is 0 Å². The summed E-state index contributed by atoms with van der Waals surface area (Å²) in [6.07, 6.45) is 4.92. The second kappa shape index (κ2) is 12.7. The highest BCUT2D eigenvalue weighted by atomic mass is 79.9. The van der Waals surface area contributed by atoms with Crippen molar-refractivity contribution in [1.82, 2.24) is 10.2 Å². The summed E-state index contributed by atoms with van der Waals surface area (Å²) in [6.45, 7) is 0.351. The number of rotatable bonds is 10. The van der Waals surface area contributed by atoms with E-state index in [1.165, 1.54) is 0 Å². The number of hydrogen-bond acceptors (Lipinski definition) is 3. The Morgan fingerprint density at radius 2 is 1.64 bits per heavy atom. The van der Waals surface area contributed by atoms with Crippen LogP contribution in [0.1, 0.15) is 42.4 Å². The molecular weight excluding hydrogens is 516 g/mol. The van der Waals surface area contributed by atoms with Gasteiger partial charge in [0.2, 0.25) is 11.8 Å². The summed E-state index contributed by atoms with van der Waals surface area (Å²) in [5, 5.41) is 3.25. The van der Waals surface area contributed by atoms with Gasteiger partial charge in [0.15, 0.2) is 0 Å². The molecule has 6 heteroatoms. The minimum absolute atomic E-state index is 0.0798. The van der Waals surface area contributed by atoms with Crippen molar-refractivity contribution in [1.29, 1.82) is 0 Å². The van der Waals surface area contributed by atoms with Crippen LogP contribution in [0.2, 0.25) is 0 Å². The quantitative estimate of drug-likeness (QED) is 0.353. The first-order valence-corrected chi connectivity index (χ1v) is 13.3. The first-order chi connectivity index (χ1) is 17.5. The molecule has 1 fully saturated rings. The highest BCUT2D eigenvalue weighted by molar-refractivity contribution is 9.10. The molecule has 0 aromatic heterocycles. The van der Waals surface area contributed by atoms with Gasteiger partial charge in [-0.2, -0.15) is 0 Å². The van der Waals surface area contributed by atoms with E-state index in [1.54, 1.807) is 12.0 Å². The van der Waals surface area contributed by atoms with E-state index >= 15 is 0 Å². The average Bonchev–Trinajstić information content (AvgIpc) is 3.40. The van der Waals surface area contributed by atoms with Gasteiger partial charge in [-0.25, -0.2) is 0 Å². The van der Waals surface area contributed by atoms with Crippen LogP contribution >= 0.6 is 15.9 Å². The molecule has 0 heterocycles. The summed E-state index contributed by atoms with van der Waals surface area (Å²) in [5.74, 6) is 0.585. The van der Waals surface area contributed by atoms with Crippen LogP contribution in [0.25, 0.3) is 0 Å². The third-order valence-electron chi connectivity index (χ3n) is 6.73. The van der Waals surface area contributed by atoms with E-state index in [1.807, 2.05) is 78.9 Å². The zero-order valence-electron chi connectivity index (χ0n) is 20.7. The van der Waals surface area contributed by atoms with E-state index < -0.39 is 6.04 Å². The average molecular weight is 550 g/mol. The molecule has 0 spiro atoms. The topological polar surface area (TPSA) is 58.6 Å². The summed E-state index contributed by atoms with van der Waals surface area (Å²) in [4.78, 5) is 29.3. The van der Waals surface area contributed by atoms with E-state index in [0.29, 0.717) is 13.0 Å². The second-order valence-electron chi connectivity index (χ2n) is 9.37. The number of methoxy groups -OCH3 is 1. The van der Waals surface area contributed by atoms with Crippen LogP contribution in [0.3, 0.4) is 0 Å². The lowest BCUT2D eigenvalue weighted by Gasteiger charge is -2.32. The number of carbonyl (C=O) groups excluding carboxylic acids is 2. The van der Waals surface area contributed by atoms with Gasteiger partial charge in [-0.05, 0) is 53.8 Å². The van der Waals surface area contributed by atoms with Crippen LogP contribution in [-0.4, -0.2) is 35.9 Å². The zero-order valence-corrected chi connectivity index (χ0v) is 22.2. The third kappa shape index (κ3) is 7.20. The molecule has 36 heavy (non-hydrogen) atoms. The summed E-state index contributed by atoms with van der Waals surface area (Å²) in [7, 11) is 1.62. The van der Waals surface area contributed by atoms with Crippen molar-refractivity contribution in [3.8, 4) is 5.75 Å². The maximum absolute atomic E-state index is 13.8. The molecule has 1 aliphatic rings. The fraction of sp³-hybridized carbons (Fsp3) is 0.333. The van der Waals surface area contributed by atoms with Gasteiger partial charge >= 0.3 is 0 Å². The van der Waals surface area contributed by atoms with Crippen LogP contribution < -0.4 is 10.1 Å². The number of benzene rings is 3. The molecular formula is C30H33BrN2O3. The lowest BCUT2D eigenvalue weighted by atomic mass is 10.0. The van der Waals surface area contributed by atoms with Gasteiger partial charge < -0.3 is 15.0 Å². The number of carbonyl (C=O) groups is 2. The molecule has 4 rings (SSSR count). The van der Waals surface area contributed by atoms with Crippen molar-refractivity contribution in [2.24, 2.45) is 0 Å². The van der Waals surface area contributed by atoms with E-state index in [2.05, 4.69) is 21.2 Å². The molecule has 1 N–H and O–H groups in total. The SMILES string of the molecule is COc1ccc(CC(=O)N(Cc2cccc(Br)c2)[C@H](Cc2ccccc2)C(=O)NC2CCCC2)cc1. The van der Waals surface area contributed by atoms with Crippen LogP contribution in [0.5, 0.6) is 5.75 Å². The fourth-order valence-electron chi connectivity index (χ4n) is 4.77. The Bertz CT molecular complexity index is 1140. The van der Waals surface area contributed by atoms with E-state index in [4.69, 9.17) is 4.74 Å². The van der Waals surface area contributed by atoms with Gasteiger partial charge in [0.1, 0.15) is 11.8 Å². The minimum atomic E-state index is -0.613. The van der Waals surface area contributed by atoms with Crippen molar-refractivity contribution in [2.45, 2.75) is 57.2 Å². The number of amides is 2. The Hall–Kier alpha value is -3.12. The van der Waals surface area contributed by atoms with Crippen LogP contribution in [-0.2, 0) is 29.0 Å². The van der Waals surface area contributed by atoms with Crippen molar-refractivity contribution in [3.05, 3.63) is 100 Å². The first kappa shape index (κ1) is 26.0. The molecule has 3 aromatic carbocycles. The molecule has 1 atom stereocenters. The number of ether oxygens (including phenoxy) is 1. The van der Waals surface area contributed by atoms with Crippen molar-refractivity contribution in [2.75, 3.05) is 7.11 Å². The smallest absolute Gasteiger partial charge is 0.243 e. The third-order valence-corrected chi connectivity index (χ3v) is 7.22. The lowest BCUT2D eigenvalue weighted by molar-refractivity contribution is -0.141. The fourth-order valence-corrected chi connectivity index (χ4v) is 5.22. The van der Waals surface area contributed by atoms with Gasteiger partial charge in [0.25, 0.3) is 0 Å². The van der Waals surface area contributed by atoms with Crippen LogP contribution in [0.15, 0.2) is 83.3 Å². The minimum Gasteiger partial charge on any atom is -0.497 e. The molecule has 2 amide bonds. The number of halogens is 1. The summed E-state index contributed by atoms with van der Waals surface area (Å²) in [6, 6.07) is 24.9. The van der Waals surface area contributed by atoms with Gasteiger partial charge in [-0.3, -0.25) is 9.59 Å². The molecule has 0 radical (unpaired) electrons. The molecule has 188 valence electrons. The van der Waals surface area contributed by atoms with E-state index in [9.17, 15) is 9.59 Å². The molecule has 5 nitrogen and oxygen atoms in total. The van der Waals surface area contributed by atoms with E-state index in [-0.39, 0.29) is 24.3 Å². The highest BCUT2D eigenvalue weighted by Gasteiger charge is 2.32. The van der Waals surface area contributed by atoms with Crippen molar-refractivity contribution >= 4 is 27.7 Å². The largest absolute Gasteiger partial charge is 0.497 e. The molecule has 0 bridgehead atoms. The Balaban J connectivity index is 1.64. The normalized spacial score (nSPS) is 14.3. The molecule has 0 unspecified atom stereocenters. The highest BCUT2D eigenvalue weighted by Crippen LogP contribution is 2.22. The predicted octanol–water partition coefficient (Wildman–Crippen LogP) is 5.70. The zero-order chi connectivity index (χ0) is 25.3. The maximum atomic E-state index is 13.8. The number of nitrogens with zero attached hydrogens (tertiary/aromatic N) is 1. The Kier molecular flexibility index (Phi) is 9.17. The summed E-state index contributed by atoms with van der Waals surface area (Å²) < 4.78 is 6.20. The number of hydrogen-bond donors (Lipinski definition) is 1. The Morgan fingerprint density at radius 3 is 2.31 bits per heavy atom. The molecule has 1 saturated carbocycles.